The van der Waals surface area contributed by atoms with Crippen molar-refractivity contribution in [1.29, 1.82) is 0 Å². The molecule has 0 amide bonds. The second-order valence-corrected chi connectivity index (χ2v) is 6.85. The standard InChI is InChI=1S/C19H26ClN2O.2ClH/c1-21(15-17-8-5-4-6-9-17)12-13-23-22(2,3)16-18-10-7-11-19(20)14-18;;/h4-11,14H,12-13,15-16H2,1-3H3;2*1H/q+1;;. The van der Waals surface area contributed by atoms with Crippen molar-refractivity contribution in [2.45, 2.75) is 13.1 Å². The molecule has 3 nitrogen and oxygen atoms in total. The molecule has 0 fully saturated rings. The van der Waals surface area contributed by atoms with Crippen LogP contribution in [0.5, 0.6) is 0 Å². The third-order valence-corrected chi connectivity index (χ3v) is 3.90. The van der Waals surface area contributed by atoms with E-state index in [2.05, 4.69) is 56.4 Å². The van der Waals surface area contributed by atoms with Crippen LogP contribution in [0.25, 0.3) is 0 Å². The van der Waals surface area contributed by atoms with Gasteiger partial charge in [0.15, 0.2) is 0 Å². The molecule has 2 aromatic rings. The van der Waals surface area contributed by atoms with E-state index in [-0.39, 0.29) is 24.8 Å². The van der Waals surface area contributed by atoms with E-state index >= 15 is 0 Å². The molecule has 6 heteroatoms. The minimum Gasteiger partial charge on any atom is -0.300 e. The maximum absolute atomic E-state index is 6.04. The molecule has 0 bridgehead atoms. The van der Waals surface area contributed by atoms with Gasteiger partial charge < -0.3 is 0 Å². The molecule has 0 aliphatic rings. The molecule has 0 aliphatic heterocycles. The Morgan fingerprint density at radius 1 is 0.960 bits per heavy atom. The molecule has 140 valence electrons. The topological polar surface area (TPSA) is 12.5 Å². The monoisotopic (exact) mass is 405 g/mol. The molecule has 0 spiro atoms. The second-order valence-electron chi connectivity index (χ2n) is 6.42. The van der Waals surface area contributed by atoms with E-state index in [9.17, 15) is 0 Å². The summed E-state index contributed by atoms with van der Waals surface area (Å²) in [4.78, 5) is 8.31. The number of hydrogen-bond donors (Lipinski definition) is 0. The zero-order chi connectivity index (χ0) is 16.7. The lowest BCUT2D eigenvalue weighted by Crippen LogP contribution is -2.40. The molecule has 25 heavy (non-hydrogen) atoms. The van der Waals surface area contributed by atoms with E-state index in [0.717, 1.165) is 24.7 Å². The largest absolute Gasteiger partial charge is 0.300 e. The highest BCUT2D eigenvalue weighted by Crippen LogP contribution is 2.15. The number of rotatable bonds is 8. The zero-order valence-corrected chi connectivity index (χ0v) is 17.4. The SMILES string of the molecule is CN(CCO[N+](C)(C)Cc1cccc(Cl)c1)Cc1ccccc1.Cl.Cl. The van der Waals surface area contributed by atoms with Crippen LogP contribution in [-0.2, 0) is 17.9 Å². The minimum absolute atomic E-state index is 0. The van der Waals surface area contributed by atoms with Gasteiger partial charge in [-0.25, -0.2) is 4.84 Å². The predicted octanol–water partition coefficient (Wildman–Crippen LogP) is 4.82. The van der Waals surface area contributed by atoms with Crippen molar-refractivity contribution in [2.75, 3.05) is 34.3 Å². The summed E-state index contributed by atoms with van der Waals surface area (Å²) in [6.07, 6.45) is 0. The highest BCUT2D eigenvalue weighted by Gasteiger charge is 2.18. The Labute approximate surface area is 168 Å². The van der Waals surface area contributed by atoms with Gasteiger partial charge >= 0.3 is 0 Å². The molecule has 2 rings (SSSR count). The van der Waals surface area contributed by atoms with Gasteiger partial charge in [-0.3, -0.25) is 4.90 Å². The lowest BCUT2D eigenvalue weighted by Gasteiger charge is -2.28. The highest BCUT2D eigenvalue weighted by molar-refractivity contribution is 6.30. The summed E-state index contributed by atoms with van der Waals surface area (Å²) >= 11 is 6.04. The maximum Gasteiger partial charge on any atom is 0.134 e. The van der Waals surface area contributed by atoms with Crippen molar-refractivity contribution < 1.29 is 9.48 Å². The number of halogens is 3. The fourth-order valence-electron chi connectivity index (χ4n) is 2.54. The molecule has 0 atom stereocenters. The Morgan fingerprint density at radius 3 is 2.24 bits per heavy atom. The van der Waals surface area contributed by atoms with Crippen LogP contribution in [0.4, 0.5) is 0 Å². The summed E-state index contributed by atoms with van der Waals surface area (Å²) in [5, 5.41) is 0.769. The fourth-order valence-corrected chi connectivity index (χ4v) is 2.75. The van der Waals surface area contributed by atoms with E-state index in [1.165, 1.54) is 11.1 Å². The lowest BCUT2D eigenvalue weighted by atomic mass is 10.2. The van der Waals surface area contributed by atoms with Crippen LogP contribution >= 0.6 is 36.4 Å². The summed E-state index contributed by atoms with van der Waals surface area (Å²) < 4.78 is 0.486. The molecule has 0 aliphatic carbocycles. The summed E-state index contributed by atoms with van der Waals surface area (Å²) in [6, 6.07) is 18.4. The van der Waals surface area contributed by atoms with E-state index in [4.69, 9.17) is 16.4 Å². The van der Waals surface area contributed by atoms with Crippen molar-refractivity contribution >= 4 is 36.4 Å². The van der Waals surface area contributed by atoms with Gasteiger partial charge in [-0.1, -0.05) is 54.1 Å². The second kappa shape index (κ2) is 11.7. The number of quaternary nitrogens is 1. The fraction of sp³-hybridized carbons (Fsp3) is 0.368. The molecule has 2 aromatic carbocycles. The highest BCUT2D eigenvalue weighted by atomic mass is 35.5. The predicted molar refractivity (Wildman–Crippen MR) is 110 cm³/mol. The molecule has 0 saturated heterocycles. The normalized spacial score (nSPS) is 10.9. The average Bonchev–Trinajstić information content (AvgIpc) is 2.47. The summed E-state index contributed by atoms with van der Waals surface area (Å²) in [7, 11) is 6.25. The first-order valence-corrected chi connectivity index (χ1v) is 8.27. The van der Waals surface area contributed by atoms with E-state index < -0.39 is 0 Å². The van der Waals surface area contributed by atoms with Crippen LogP contribution in [0.3, 0.4) is 0 Å². The van der Waals surface area contributed by atoms with Crippen LogP contribution in [0.15, 0.2) is 54.6 Å². The molecule has 0 saturated carbocycles. The summed E-state index contributed by atoms with van der Waals surface area (Å²) in [5.74, 6) is 0. The van der Waals surface area contributed by atoms with Gasteiger partial charge in [0.25, 0.3) is 0 Å². The van der Waals surface area contributed by atoms with Crippen LogP contribution in [0.1, 0.15) is 11.1 Å². The van der Waals surface area contributed by atoms with Gasteiger partial charge in [0.05, 0.1) is 14.1 Å². The Morgan fingerprint density at radius 2 is 1.60 bits per heavy atom. The smallest absolute Gasteiger partial charge is 0.134 e. The minimum atomic E-state index is 0. The average molecular weight is 407 g/mol. The van der Waals surface area contributed by atoms with Gasteiger partial charge in [0.1, 0.15) is 13.2 Å². The maximum atomic E-state index is 6.04. The van der Waals surface area contributed by atoms with Crippen LogP contribution in [-0.4, -0.2) is 43.8 Å². The molecule has 0 aromatic heterocycles. The molecule has 0 radical (unpaired) electrons. The Balaban J connectivity index is 0.00000288. The number of nitrogens with zero attached hydrogens (tertiary/aromatic N) is 2. The third kappa shape index (κ3) is 9.45. The molecular formula is C19H28Cl3N2O+. The number of hydrogen-bond acceptors (Lipinski definition) is 2. The quantitative estimate of drug-likeness (QED) is 0.460. The van der Waals surface area contributed by atoms with Crippen molar-refractivity contribution in [1.82, 2.24) is 4.90 Å². The van der Waals surface area contributed by atoms with Crippen molar-refractivity contribution in [3.8, 4) is 0 Å². The van der Waals surface area contributed by atoms with Gasteiger partial charge in [-0.2, -0.15) is 4.65 Å². The number of likely N-dealkylation sites (N-methyl/N-ethyl adjacent to an activating group) is 1. The van der Waals surface area contributed by atoms with Crippen molar-refractivity contribution in [3.05, 3.63) is 70.7 Å². The summed E-state index contributed by atoms with van der Waals surface area (Å²) in [6.45, 7) is 3.32. The molecule has 0 unspecified atom stereocenters. The lowest BCUT2D eigenvalue weighted by molar-refractivity contribution is -1.09. The van der Waals surface area contributed by atoms with Crippen molar-refractivity contribution in [2.24, 2.45) is 0 Å². The molecule has 0 heterocycles. The van der Waals surface area contributed by atoms with E-state index in [1.807, 2.05) is 24.3 Å². The van der Waals surface area contributed by atoms with Gasteiger partial charge in [0.2, 0.25) is 0 Å². The van der Waals surface area contributed by atoms with Crippen LogP contribution < -0.4 is 0 Å². The Kier molecular flexibility index (Phi) is 11.4. The van der Waals surface area contributed by atoms with Gasteiger partial charge in [0, 0.05) is 23.7 Å². The van der Waals surface area contributed by atoms with Crippen LogP contribution in [0, 0.1) is 0 Å². The van der Waals surface area contributed by atoms with Gasteiger partial charge in [-0.05, 0) is 24.7 Å². The first-order valence-electron chi connectivity index (χ1n) is 7.89. The third-order valence-electron chi connectivity index (χ3n) is 3.66. The summed E-state index contributed by atoms with van der Waals surface area (Å²) in [5.41, 5.74) is 2.50. The molecular weight excluding hydrogens is 379 g/mol. The van der Waals surface area contributed by atoms with E-state index in [1.54, 1.807) is 0 Å². The van der Waals surface area contributed by atoms with Gasteiger partial charge in [-0.15, -0.1) is 24.8 Å². The number of hydroxylamine groups is 3. The van der Waals surface area contributed by atoms with Crippen molar-refractivity contribution in [3.63, 3.8) is 0 Å². The zero-order valence-electron chi connectivity index (χ0n) is 15.0. The Hall–Kier alpha value is -0.810. The van der Waals surface area contributed by atoms with Crippen LogP contribution in [0.2, 0.25) is 5.02 Å². The van der Waals surface area contributed by atoms with E-state index in [0.29, 0.717) is 11.3 Å². The first kappa shape index (κ1) is 24.2. The first-order chi connectivity index (χ1) is 10.9. The molecule has 0 N–H and O–H groups in total. The number of benzene rings is 2. The Bertz CT molecular complexity index is 609.